The molecule has 19 heteroatoms. The molecule has 2 aliphatic heterocycles. The lowest BCUT2D eigenvalue weighted by Gasteiger charge is -2.43. The van der Waals surface area contributed by atoms with Crippen LogP contribution in [0, 0.1) is 5.92 Å². The smallest absolute Gasteiger partial charge is 0.329 e. The molecule has 71 heavy (non-hydrogen) atoms. The molecule has 19 nitrogen and oxygen atoms in total. The van der Waals surface area contributed by atoms with Crippen LogP contribution in [-0.2, 0) is 67.2 Å². The number of carbonyl (C=O) groups excluding carboxylic acids is 8. The normalized spacial score (nSPS) is 24.3. The first-order valence-corrected chi connectivity index (χ1v) is 24.2. The van der Waals surface area contributed by atoms with Crippen LogP contribution in [0.1, 0.15) is 89.3 Å². The topological polar surface area (TPSA) is 270 Å². The molecule has 2 aliphatic rings. The van der Waals surface area contributed by atoms with Gasteiger partial charge in [-0.15, -0.1) is 0 Å². The largest absolute Gasteiger partial charge is 0.481 e. The number of hydrogen-bond donors (Lipinski definition) is 7. The molecule has 3 aromatic rings. The summed E-state index contributed by atoms with van der Waals surface area (Å²) in [5.41, 5.74) is 1.84. The molecular weight excluding hydrogens is 915 g/mol. The van der Waals surface area contributed by atoms with E-state index in [1.807, 2.05) is 6.92 Å². The zero-order chi connectivity index (χ0) is 51.8. The average Bonchev–Trinajstić information content (AvgIpc) is 3.34. The fraction of sp³-hybridized carbons (Fsp3) is 0.481. The number of benzene rings is 3. The van der Waals surface area contributed by atoms with Crippen molar-refractivity contribution in [2.24, 2.45) is 5.92 Å². The van der Waals surface area contributed by atoms with E-state index in [2.05, 4.69) is 26.6 Å². The van der Waals surface area contributed by atoms with Crippen molar-refractivity contribution in [3.8, 4) is 0 Å². The number of cyclic esters (lactones) is 1. The van der Waals surface area contributed by atoms with Gasteiger partial charge in [-0.05, 0) is 48.8 Å². The predicted molar refractivity (Wildman–Crippen MR) is 259 cm³/mol. The Bertz CT molecular complexity index is 2340. The van der Waals surface area contributed by atoms with Gasteiger partial charge in [-0.3, -0.25) is 38.4 Å². The molecule has 2 bridgehead atoms. The number of ether oxygens (including phenoxy) is 1. The van der Waals surface area contributed by atoms with Crippen molar-refractivity contribution in [2.75, 3.05) is 7.05 Å². The number of aliphatic hydroxyl groups is 1. The van der Waals surface area contributed by atoms with Crippen LogP contribution in [0.4, 0.5) is 0 Å². The van der Waals surface area contributed by atoms with Crippen LogP contribution in [0.15, 0.2) is 91.0 Å². The second-order valence-corrected chi connectivity index (χ2v) is 18.5. The molecule has 382 valence electrons. The fourth-order valence-corrected chi connectivity index (χ4v) is 8.67. The van der Waals surface area contributed by atoms with Crippen LogP contribution in [0.25, 0.3) is 0 Å². The first-order chi connectivity index (χ1) is 33.9. The molecule has 5 rings (SSSR count). The number of carboxylic acid groups (broad SMARTS) is 1. The number of hydrogen-bond acceptors (Lipinski definition) is 11. The Morgan fingerprint density at radius 1 is 0.732 bits per heavy atom. The van der Waals surface area contributed by atoms with E-state index in [0.29, 0.717) is 29.5 Å². The monoisotopic (exact) mass is 981 g/mol. The van der Waals surface area contributed by atoms with Gasteiger partial charge in [-0.2, -0.15) is 0 Å². The highest BCUT2D eigenvalue weighted by Crippen LogP contribution is 2.25. The van der Waals surface area contributed by atoms with Crippen molar-refractivity contribution in [3.63, 3.8) is 0 Å². The van der Waals surface area contributed by atoms with Gasteiger partial charge in [0.05, 0.1) is 6.42 Å². The Morgan fingerprint density at radius 2 is 1.30 bits per heavy atom. The molecule has 0 aromatic heterocycles. The van der Waals surface area contributed by atoms with Crippen molar-refractivity contribution in [1.29, 1.82) is 0 Å². The van der Waals surface area contributed by atoms with Crippen LogP contribution in [0.2, 0.25) is 0 Å². The predicted octanol–water partition coefficient (Wildman–Crippen LogP) is 1.93. The van der Waals surface area contributed by atoms with Crippen molar-refractivity contribution >= 4 is 53.3 Å². The minimum Gasteiger partial charge on any atom is -0.481 e. The summed E-state index contributed by atoms with van der Waals surface area (Å²) in [4.78, 5) is 129. The fourth-order valence-electron chi connectivity index (χ4n) is 8.67. The van der Waals surface area contributed by atoms with E-state index in [9.17, 15) is 48.6 Å². The van der Waals surface area contributed by atoms with Gasteiger partial charge in [-0.25, -0.2) is 4.79 Å². The van der Waals surface area contributed by atoms with E-state index in [0.717, 1.165) is 11.3 Å². The summed E-state index contributed by atoms with van der Waals surface area (Å²) < 4.78 is 5.88. The Hall–Kier alpha value is -7.15. The number of rotatable bonds is 16. The zero-order valence-corrected chi connectivity index (χ0v) is 40.9. The molecule has 2 saturated heterocycles. The van der Waals surface area contributed by atoms with Crippen LogP contribution in [-0.4, -0.2) is 135 Å². The lowest BCUT2D eigenvalue weighted by atomic mass is 9.95. The second-order valence-electron chi connectivity index (χ2n) is 18.5. The molecule has 2 heterocycles. The molecule has 9 unspecified atom stereocenters. The van der Waals surface area contributed by atoms with Gasteiger partial charge >= 0.3 is 11.9 Å². The van der Waals surface area contributed by atoms with E-state index in [-0.39, 0.29) is 38.5 Å². The molecular formula is C52H67N7O12. The number of aliphatic carboxylic acids is 1. The highest BCUT2D eigenvalue weighted by molar-refractivity contribution is 5.99. The summed E-state index contributed by atoms with van der Waals surface area (Å²) in [7, 11) is 1.39. The number of likely N-dealkylation sites (N-methyl/N-ethyl adjacent to an activating group) is 1. The van der Waals surface area contributed by atoms with E-state index < -0.39 is 120 Å². The van der Waals surface area contributed by atoms with Crippen molar-refractivity contribution in [3.05, 3.63) is 108 Å². The minimum absolute atomic E-state index is 0.00217. The van der Waals surface area contributed by atoms with Gasteiger partial charge in [-0.1, -0.05) is 125 Å². The second kappa shape index (κ2) is 26.2. The van der Waals surface area contributed by atoms with E-state index in [4.69, 9.17) is 4.74 Å². The van der Waals surface area contributed by atoms with Gasteiger partial charge in [0.15, 0.2) is 0 Å². The lowest BCUT2D eigenvalue weighted by molar-refractivity contribution is -0.165. The third kappa shape index (κ3) is 15.4. The number of unbranched alkanes of at least 4 members (excludes halogenated alkanes) is 2. The molecule has 0 spiro atoms. The summed E-state index contributed by atoms with van der Waals surface area (Å²) in [6.07, 6.45) is -2.41. The summed E-state index contributed by atoms with van der Waals surface area (Å²) in [5, 5.41) is 34.4. The summed E-state index contributed by atoms with van der Waals surface area (Å²) in [5.74, 6) is -9.08. The maximum absolute atomic E-state index is 15.1. The van der Waals surface area contributed by atoms with E-state index >= 15 is 4.79 Å². The molecule has 0 aliphatic carbocycles. The van der Waals surface area contributed by atoms with Gasteiger partial charge in [0.1, 0.15) is 54.6 Å². The maximum atomic E-state index is 15.1. The molecule has 7 N–H and O–H groups in total. The standard InChI is InChI=1S/C52H67N7O12/c1-6-7-11-24-41(60)53-38(30-43(62)63)47(65)57-45-32(4)71-52(70)44(31(2)3)56-48(66)39(28-34-20-14-9-15-21-34)58(5)51(69)40(29-35-22-16-10-17-23-35)59-42(61)26-25-36(50(59)68)54-46(64)37(55-49(45)67)27-33-18-12-8-13-19-33/h8-10,12-23,31-32,36-40,42,44-45,61H,6-7,11,24-30H2,1-5H3,(H,53,60)(H,54,64)(H,55,67)(H,56,66)(H,57,65)(H,62,63). The number of fused-ring (bicyclic) bond motifs is 2. The Balaban J connectivity index is 1.62. The van der Waals surface area contributed by atoms with Crippen LogP contribution in [0.5, 0.6) is 0 Å². The summed E-state index contributed by atoms with van der Waals surface area (Å²) in [6.45, 7) is 6.47. The summed E-state index contributed by atoms with van der Waals surface area (Å²) >= 11 is 0. The number of amides is 7. The average molecular weight is 982 g/mol. The van der Waals surface area contributed by atoms with Crippen LogP contribution >= 0.6 is 0 Å². The molecule has 7 amide bonds. The van der Waals surface area contributed by atoms with E-state index in [1.165, 1.54) is 18.9 Å². The lowest BCUT2D eigenvalue weighted by Crippen LogP contribution is -2.65. The number of aliphatic hydroxyl groups excluding tert-OH is 1. The number of nitrogens with one attached hydrogen (secondary N) is 5. The first-order valence-electron chi connectivity index (χ1n) is 24.2. The quantitative estimate of drug-likeness (QED) is 0.0802. The Labute approximate surface area is 413 Å². The summed E-state index contributed by atoms with van der Waals surface area (Å²) in [6, 6.07) is 15.7. The van der Waals surface area contributed by atoms with Crippen LogP contribution in [0.3, 0.4) is 0 Å². The maximum Gasteiger partial charge on any atom is 0.329 e. The Morgan fingerprint density at radius 3 is 1.85 bits per heavy atom. The molecule has 0 saturated carbocycles. The van der Waals surface area contributed by atoms with Crippen molar-refractivity contribution in [2.45, 2.75) is 147 Å². The van der Waals surface area contributed by atoms with Crippen molar-refractivity contribution in [1.82, 2.24) is 36.4 Å². The molecule has 0 radical (unpaired) electrons. The van der Waals surface area contributed by atoms with Gasteiger partial charge in [0.25, 0.3) is 0 Å². The highest BCUT2D eigenvalue weighted by atomic mass is 16.5. The highest BCUT2D eigenvalue weighted by Gasteiger charge is 2.46. The first kappa shape index (κ1) is 54.8. The number of piperidine rings is 1. The molecule has 9 atom stereocenters. The number of carbonyl (C=O) groups is 9. The number of esters is 1. The van der Waals surface area contributed by atoms with Gasteiger partial charge in [0.2, 0.25) is 41.4 Å². The third-order valence-electron chi connectivity index (χ3n) is 12.7. The number of carboxylic acids is 1. The third-order valence-corrected chi connectivity index (χ3v) is 12.7. The van der Waals surface area contributed by atoms with E-state index in [1.54, 1.807) is 105 Å². The van der Waals surface area contributed by atoms with Crippen molar-refractivity contribution < 1.29 is 58.1 Å². The van der Waals surface area contributed by atoms with Crippen LogP contribution < -0.4 is 26.6 Å². The Kier molecular flexibility index (Phi) is 20.2. The SMILES string of the molecule is CCCCCC(=O)NC(CC(=O)O)C(=O)NC1C(=O)NC(Cc2ccccc2)C(=O)NC2CCC(O)N(C2=O)C(Cc2ccccc2)C(=O)N(C)C(Cc2ccccc2)C(=O)NC(C(C)C)C(=O)OC1C. The number of nitrogens with zero attached hydrogens (tertiary/aromatic N) is 2. The van der Waals surface area contributed by atoms with Gasteiger partial charge in [0, 0.05) is 32.7 Å². The molecule has 3 aromatic carbocycles. The minimum atomic E-state index is -1.84. The van der Waals surface area contributed by atoms with Gasteiger partial charge < -0.3 is 51.3 Å². The zero-order valence-electron chi connectivity index (χ0n) is 40.9. The molecule has 2 fully saturated rings.